The van der Waals surface area contributed by atoms with E-state index in [4.69, 9.17) is 0 Å². The van der Waals surface area contributed by atoms with Gasteiger partial charge in [0.25, 0.3) is 5.91 Å². The molecule has 23 heavy (non-hydrogen) atoms. The fourth-order valence-corrected chi connectivity index (χ4v) is 2.37. The number of hydrogen-bond acceptors (Lipinski definition) is 4. The summed E-state index contributed by atoms with van der Waals surface area (Å²) in [4.78, 5) is 20.9. The first-order chi connectivity index (χ1) is 11.2. The van der Waals surface area contributed by atoms with Gasteiger partial charge < -0.3 is 10.6 Å². The number of carbonyl (C=O) groups excluding carboxylic acids is 1. The molecule has 0 unspecified atom stereocenters. The third-order valence-electron chi connectivity index (χ3n) is 3.68. The number of carbonyl (C=O) groups is 1. The number of anilines is 2. The van der Waals surface area contributed by atoms with Gasteiger partial charge in [0.1, 0.15) is 11.5 Å². The van der Waals surface area contributed by atoms with Gasteiger partial charge in [-0.15, -0.1) is 0 Å². The summed E-state index contributed by atoms with van der Waals surface area (Å²) in [6, 6.07) is 6.11. The Labute approximate surface area is 137 Å². The highest BCUT2D eigenvalue weighted by Crippen LogP contribution is 2.23. The monoisotopic (exact) mass is 312 g/mol. The van der Waals surface area contributed by atoms with Gasteiger partial charge in [-0.2, -0.15) is 0 Å². The lowest BCUT2D eigenvalue weighted by molar-refractivity contribution is 0.102. The van der Waals surface area contributed by atoms with Gasteiger partial charge in [0.05, 0.1) is 12.4 Å². The molecule has 2 aromatic rings. The minimum atomic E-state index is -0.227. The molecule has 2 N–H and O–H groups in total. The maximum atomic E-state index is 12.4. The molecule has 5 heteroatoms. The fraction of sp³-hybridized carbons (Fsp3) is 0.389. The molecule has 0 aliphatic carbocycles. The molecule has 2 rings (SSSR count). The lowest BCUT2D eigenvalue weighted by Gasteiger charge is -2.14. The largest absolute Gasteiger partial charge is 0.369 e. The summed E-state index contributed by atoms with van der Waals surface area (Å²) in [5.41, 5.74) is 3.48. The minimum absolute atomic E-state index is 0.227. The first-order valence-electron chi connectivity index (χ1n) is 8.17. The van der Waals surface area contributed by atoms with E-state index < -0.39 is 0 Å². The number of aromatic nitrogens is 2. The van der Waals surface area contributed by atoms with Gasteiger partial charge in [-0.25, -0.2) is 9.97 Å². The van der Waals surface area contributed by atoms with Crippen LogP contribution in [0.5, 0.6) is 0 Å². The van der Waals surface area contributed by atoms with E-state index in [2.05, 4.69) is 41.4 Å². The summed E-state index contributed by atoms with van der Waals surface area (Å²) in [6.07, 6.45) is 5.85. The Hall–Kier alpha value is -2.43. The molecule has 0 saturated heterocycles. The van der Waals surface area contributed by atoms with Crippen LogP contribution in [-0.2, 0) is 12.8 Å². The topological polar surface area (TPSA) is 66.9 Å². The van der Waals surface area contributed by atoms with Crippen molar-refractivity contribution in [3.05, 3.63) is 47.4 Å². The number of amides is 1. The molecule has 0 aliphatic rings. The van der Waals surface area contributed by atoms with Crippen LogP contribution in [-0.4, -0.2) is 22.4 Å². The standard InChI is InChI=1S/C18H24N4O/c1-4-10-19-16-12-20-15(11-21-16)18(23)22-17-13(5-2)8-7-9-14(17)6-3/h7-9,11-12H,4-6,10H2,1-3H3,(H,19,21)(H,22,23). The SMILES string of the molecule is CCCNc1cnc(C(=O)Nc2c(CC)cccc2CC)cn1. The summed E-state index contributed by atoms with van der Waals surface area (Å²) in [5, 5.41) is 6.14. The lowest BCUT2D eigenvalue weighted by Crippen LogP contribution is -2.17. The van der Waals surface area contributed by atoms with Crippen LogP contribution in [0.4, 0.5) is 11.5 Å². The Morgan fingerprint density at radius 3 is 2.26 bits per heavy atom. The molecule has 5 nitrogen and oxygen atoms in total. The molecule has 1 amide bonds. The average Bonchev–Trinajstić information content (AvgIpc) is 2.60. The molecule has 0 bridgehead atoms. The maximum Gasteiger partial charge on any atom is 0.275 e. The Morgan fingerprint density at radius 1 is 1.04 bits per heavy atom. The first-order valence-corrected chi connectivity index (χ1v) is 8.17. The zero-order valence-corrected chi connectivity index (χ0v) is 14.0. The van der Waals surface area contributed by atoms with Gasteiger partial charge in [-0.3, -0.25) is 4.79 Å². The zero-order chi connectivity index (χ0) is 16.7. The van der Waals surface area contributed by atoms with Crippen molar-refractivity contribution in [3.63, 3.8) is 0 Å². The van der Waals surface area contributed by atoms with E-state index in [9.17, 15) is 4.79 Å². The second-order valence-corrected chi connectivity index (χ2v) is 5.33. The van der Waals surface area contributed by atoms with Gasteiger partial charge in [-0.1, -0.05) is 39.0 Å². The Balaban J connectivity index is 2.16. The fourth-order valence-electron chi connectivity index (χ4n) is 2.37. The Bertz CT molecular complexity index is 630. The number of nitrogens with one attached hydrogen (secondary N) is 2. The summed E-state index contributed by atoms with van der Waals surface area (Å²) in [7, 11) is 0. The zero-order valence-electron chi connectivity index (χ0n) is 14.0. The number of rotatable bonds is 7. The van der Waals surface area contributed by atoms with Crippen LogP contribution in [0.3, 0.4) is 0 Å². The predicted molar refractivity (Wildman–Crippen MR) is 94.0 cm³/mol. The van der Waals surface area contributed by atoms with Gasteiger partial charge in [0, 0.05) is 12.2 Å². The van der Waals surface area contributed by atoms with Crippen molar-refractivity contribution in [1.29, 1.82) is 0 Å². The van der Waals surface area contributed by atoms with Crippen LogP contribution >= 0.6 is 0 Å². The number of para-hydroxylation sites is 1. The highest BCUT2D eigenvalue weighted by molar-refractivity contribution is 6.03. The van der Waals surface area contributed by atoms with Crippen molar-refractivity contribution in [2.45, 2.75) is 40.0 Å². The van der Waals surface area contributed by atoms with E-state index in [1.165, 1.54) is 6.20 Å². The summed E-state index contributed by atoms with van der Waals surface area (Å²) < 4.78 is 0. The molecule has 0 atom stereocenters. The molecule has 122 valence electrons. The van der Waals surface area contributed by atoms with E-state index in [0.29, 0.717) is 11.5 Å². The minimum Gasteiger partial charge on any atom is -0.369 e. The van der Waals surface area contributed by atoms with Crippen LogP contribution in [0, 0.1) is 0 Å². The number of nitrogens with zero attached hydrogens (tertiary/aromatic N) is 2. The van der Waals surface area contributed by atoms with E-state index >= 15 is 0 Å². The normalized spacial score (nSPS) is 10.4. The van der Waals surface area contributed by atoms with Gasteiger partial charge in [0.15, 0.2) is 0 Å². The predicted octanol–water partition coefficient (Wildman–Crippen LogP) is 3.68. The summed E-state index contributed by atoms with van der Waals surface area (Å²) in [5.74, 6) is 0.460. The van der Waals surface area contributed by atoms with E-state index in [1.807, 2.05) is 18.2 Å². The molecule has 1 aromatic heterocycles. The Kier molecular flexibility index (Phi) is 6.09. The van der Waals surface area contributed by atoms with Crippen LogP contribution in [0.1, 0.15) is 48.8 Å². The highest BCUT2D eigenvalue weighted by atomic mass is 16.1. The first kappa shape index (κ1) is 16.9. The van der Waals surface area contributed by atoms with Gasteiger partial charge in [0.2, 0.25) is 0 Å². The highest BCUT2D eigenvalue weighted by Gasteiger charge is 2.13. The maximum absolute atomic E-state index is 12.4. The van der Waals surface area contributed by atoms with Crippen molar-refractivity contribution < 1.29 is 4.79 Å². The molecule has 0 aliphatic heterocycles. The molecule has 1 heterocycles. The average molecular weight is 312 g/mol. The van der Waals surface area contributed by atoms with Crippen LogP contribution < -0.4 is 10.6 Å². The molecular weight excluding hydrogens is 288 g/mol. The van der Waals surface area contributed by atoms with Crippen LogP contribution in [0.2, 0.25) is 0 Å². The van der Waals surface area contributed by atoms with E-state index in [1.54, 1.807) is 6.20 Å². The molecule has 0 saturated carbocycles. The van der Waals surface area contributed by atoms with Crippen molar-refractivity contribution in [2.75, 3.05) is 17.2 Å². The number of benzene rings is 1. The van der Waals surface area contributed by atoms with Gasteiger partial charge >= 0.3 is 0 Å². The summed E-state index contributed by atoms with van der Waals surface area (Å²) >= 11 is 0. The number of aryl methyl sites for hydroxylation is 2. The summed E-state index contributed by atoms with van der Waals surface area (Å²) in [6.45, 7) is 7.08. The van der Waals surface area contributed by atoms with E-state index in [-0.39, 0.29) is 5.91 Å². The number of hydrogen-bond donors (Lipinski definition) is 2. The third-order valence-corrected chi connectivity index (χ3v) is 3.68. The molecule has 1 aromatic carbocycles. The molecule has 0 spiro atoms. The van der Waals surface area contributed by atoms with Crippen molar-refractivity contribution in [3.8, 4) is 0 Å². The molecule has 0 fully saturated rings. The van der Waals surface area contributed by atoms with Crippen LogP contribution in [0.25, 0.3) is 0 Å². The van der Waals surface area contributed by atoms with Crippen molar-refractivity contribution >= 4 is 17.4 Å². The second kappa shape index (κ2) is 8.27. The van der Waals surface area contributed by atoms with Gasteiger partial charge in [-0.05, 0) is 30.4 Å². The second-order valence-electron chi connectivity index (χ2n) is 5.33. The molecular formula is C18H24N4O. The lowest BCUT2D eigenvalue weighted by atomic mass is 10.0. The quantitative estimate of drug-likeness (QED) is 0.818. The van der Waals surface area contributed by atoms with Crippen molar-refractivity contribution in [2.24, 2.45) is 0 Å². The molecule has 0 radical (unpaired) electrons. The van der Waals surface area contributed by atoms with E-state index in [0.717, 1.165) is 42.6 Å². The Morgan fingerprint density at radius 2 is 1.74 bits per heavy atom. The third kappa shape index (κ3) is 4.28. The smallest absolute Gasteiger partial charge is 0.275 e. The van der Waals surface area contributed by atoms with Crippen molar-refractivity contribution in [1.82, 2.24) is 9.97 Å². The van der Waals surface area contributed by atoms with Crippen LogP contribution in [0.15, 0.2) is 30.6 Å².